The van der Waals surface area contributed by atoms with Gasteiger partial charge in [0.05, 0.1) is 13.0 Å². The molecule has 1 amide bonds. The molecule has 2 atom stereocenters. The molecule has 0 bridgehead atoms. The van der Waals surface area contributed by atoms with Crippen LogP contribution in [0.4, 0.5) is 0 Å². The van der Waals surface area contributed by atoms with Crippen LogP contribution in [0.5, 0.6) is 5.75 Å². The molecule has 0 radical (unpaired) electrons. The Labute approximate surface area is 135 Å². The molecule has 0 heterocycles. The minimum Gasteiger partial charge on any atom is -0.497 e. The van der Waals surface area contributed by atoms with Gasteiger partial charge in [-0.2, -0.15) is 0 Å². The second kappa shape index (κ2) is 7.13. The monoisotopic (exact) mass is 315 g/mol. The fraction of sp³-hybridized carbons (Fsp3) is 0.333. The van der Waals surface area contributed by atoms with Crippen LogP contribution >= 0.6 is 0 Å². The van der Waals surface area contributed by atoms with E-state index >= 15 is 0 Å². The van der Waals surface area contributed by atoms with Crippen LogP contribution in [0.2, 0.25) is 0 Å². The Kier molecular flexibility index (Phi) is 5.21. The van der Waals surface area contributed by atoms with E-state index < -0.39 is 17.9 Å². The van der Waals surface area contributed by atoms with Gasteiger partial charge < -0.3 is 15.2 Å². The Hall–Kier alpha value is -2.56. The predicted octanol–water partition coefficient (Wildman–Crippen LogP) is 2.93. The quantitative estimate of drug-likeness (QED) is 0.859. The molecule has 2 N–H and O–H groups in total. The summed E-state index contributed by atoms with van der Waals surface area (Å²) in [6.45, 7) is 3.50. The standard InChI is InChI=1S/C18H21NO4/c1-4-16(18(21)22)19-17(20)11(2)12-5-6-14-10-15(23-3)8-7-13(14)9-12/h5-11,16H,4H2,1-3H3,(H,19,20)(H,21,22). The summed E-state index contributed by atoms with van der Waals surface area (Å²) in [4.78, 5) is 23.3. The van der Waals surface area contributed by atoms with Crippen LogP contribution in [0, 0.1) is 0 Å². The molecular weight excluding hydrogens is 294 g/mol. The molecule has 2 aromatic rings. The molecule has 2 aromatic carbocycles. The van der Waals surface area contributed by atoms with Crippen molar-refractivity contribution in [2.75, 3.05) is 7.11 Å². The van der Waals surface area contributed by atoms with Crippen molar-refractivity contribution in [2.45, 2.75) is 32.2 Å². The van der Waals surface area contributed by atoms with Gasteiger partial charge in [0.1, 0.15) is 11.8 Å². The Bertz CT molecular complexity index is 726. The van der Waals surface area contributed by atoms with E-state index in [1.165, 1.54) is 0 Å². The molecule has 0 aliphatic heterocycles. The highest BCUT2D eigenvalue weighted by Crippen LogP contribution is 2.25. The number of fused-ring (bicyclic) bond motifs is 1. The first kappa shape index (κ1) is 16.8. The van der Waals surface area contributed by atoms with Crippen molar-refractivity contribution in [3.05, 3.63) is 42.0 Å². The zero-order valence-corrected chi connectivity index (χ0v) is 13.5. The topological polar surface area (TPSA) is 75.6 Å². The number of benzene rings is 2. The first-order valence-electron chi connectivity index (χ1n) is 7.57. The van der Waals surface area contributed by atoms with E-state index in [1.54, 1.807) is 21.0 Å². The Morgan fingerprint density at radius 2 is 1.83 bits per heavy atom. The van der Waals surface area contributed by atoms with Gasteiger partial charge in [0.2, 0.25) is 5.91 Å². The van der Waals surface area contributed by atoms with Crippen LogP contribution in [0.25, 0.3) is 10.8 Å². The predicted molar refractivity (Wildman–Crippen MR) is 88.8 cm³/mol. The summed E-state index contributed by atoms with van der Waals surface area (Å²) in [5.41, 5.74) is 0.848. The van der Waals surface area contributed by atoms with E-state index in [2.05, 4.69) is 5.32 Å². The summed E-state index contributed by atoms with van der Waals surface area (Å²) in [5.74, 6) is -0.941. The largest absolute Gasteiger partial charge is 0.497 e. The Morgan fingerprint density at radius 1 is 1.17 bits per heavy atom. The molecule has 0 fully saturated rings. The molecule has 2 unspecified atom stereocenters. The maximum absolute atomic E-state index is 12.3. The third-order valence-electron chi connectivity index (χ3n) is 3.99. The lowest BCUT2D eigenvalue weighted by molar-refractivity contribution is -0.142. The molecule has 0 saturated carbocycles. The van der Waals surface area contributed by atoms with Crippen LogP contribution in [0.1, 0.15) is 31.7 Å². The smallest absolute Gasteiger partial charge is 0.326 e. The third kappa shape index (κ3) is 3.80. The number of hydrogen-bond donors (Lipinski definition) is 2. The Balaban J connectivity index is 2.21. The molecule has 5 nitrogen and oxygen atoms in total. The van der Waals surface area contributed by atoms with Crippen LogP contribution in [-0.2, 0) is 9.59 Å². The van der Waals surface area contributed by atoms with Crippen molar-refractivity contribution in [3.8, 4) is 5.75 Å². The van der Waals surface area contributed by atoms with E-state index in [-0.39, 0.29) is 5.91 Å². The van der Waals surface area contributed by atoms with Gasteiger partial charge in [0, 0.05) is 0 Å². The number of carboxylic acids is 1. The molecule has 23 heavy (non-hydrogen) atoms. The normalized spacial score (nSPS) is 13.3. The van der Waals surface area contributed by atoms with Gasteiger partial charge in [-0.3, -0.25) is 4.79 Å². The number of ether oxygens (including phenoxy) is 1. The summed E-state index contributed by atoms with van der Waals surface area (Å²) in [6.07, 6.45) is 0.352. The molecular formula is C18H21NO4. The summed E-state index contributed by atoms with van der Waals surface area (Å²) >= 11 is 0. The number of carboxylic acid groups (broad SMARTS) is 1. The number of rotatable bonds is 6. The number of carbonyl (C=O) groups is 2. The zero-order chi connectivity index (χ0) is 17.0. The molecule has 122 valence electrons. The SMILES string of the molecule is CCC(NC(=O)C(C)c1ccc2cc(OC)ccc2c1)C(=O)O. The van der Waals surface area contributed by atoms with Crippen LogP contribution in [-0.4, -0.2) is 30.1 Å². The highest BCUT2D eigenvalue weighted by molar-refractivity contribution is 5.90. The number of nitrogens with one attached hydrogen (secondary N) is 1. The van der Waals surface area contributed by atoms with E-state index in [4.69, 9.17) is 9.84 Å². The van der Waals surface area contributed by atoms with Gasteiger partial charge in [-0.05, 0) is 41.8 Å². The number of hydrogen-bond acceptors (Lipinski definition) is 3. The van der Waals surface area contributed by atoms with Crippen LogP contribution in [0.3, 0.4) is 0 Å². The second-order valence-electron chi connectivity index (χ2n) is 5.50. The van der Waals surface area contributed by atoms with Gasteiger partial charge in [-0.25, -0.2) is 4.79 Å². The van der Waals surface area contributed by atoms with Crippen molar-refractivity contribution in [2.24, 2.45) is 0 Å². The average molecular weight is 315 g/mol. The number of amides is 1. The molecule has 0 aliphatic carbocycles. The Morgan fingerprint density at radius 3 is 2.43 bits per heavy atom. The minimum absolute atomic E-state index is 0.285. The number of aliphatic carboxylic acids is 1. The minimum atomic E-state index is -1.02. The van der Waals surface area contributed by atoms with Crippen molar-refractivity contribution in [1.29, 1.82) is 0 Å². The lowest BCUT2D eigenvalue weighted by Crippen LogP contribution is -2.42. The highest BCUT2D eigenvalue weighted by atomic mass is 16.5. The summed E-state index contributed by atoms with van der Waals surface area (Å²) in [6, 6.07) is 10.7. The van der Waals surface area contributed by atoms with Gasteiger partial charge in [-0.1, -0.05) is 31.2 Å². The highest BCUT2D eigenvalue weighted by Gasteiger charge is 2.22. The molecule has 0 aliphatic rings. The average Bonchev–Trinajstić information content (AvgIpc) is 2.57. The number of carbonyl (C=O) groups excluding carboxylic acids is 1. The van der Waals surface area contributed by atoms with E-state index in [0.29, 0.717) is 6.42 Å². The van der Waals surface area contributed by atoms with E-state index in [1.807, 2.05) is 36.4 Å². The molecule has 0 aromatic heterocycles. The van der Waals surface area contributed by atoms with E-state index in [9.17, 15) is 9.59 Å². The van der Waals surface area contributed by atoms with Gasteiger partial charge in [0.25, 0.3) is 0 Å². The maximum Gasteiger partial charge on any atom is 0.326 e. The summed E-state index contributed by atoms with van der Waals surface area (Å²) in [5, 5.41) is 13.6. The fourth-order valence-corrected chi connectivity index (χ4v) is 2.43. The first-order valence-corrected chi connectivity index (χ1v) is 7.57. The van der Waals surface area contributed by atoms with Crippen molar-refractivity contribution >= 4 is 22.6 Å². The van der Waals surface area contributed by atoms with Gasteiger partial charge >= 0.3 is 5.97 Å². The lowest BCUT2D eigenvalue weighted by atomic mass is 9.96. The molecule has 5 heteroatoms. The van der Waals surface area contributed by atoms with Crippen molar-refractivity contribution in [3.63, 3.8) is 0 Å². The molecule has 0 saturated heterocycles. The first-order chi connectivity index (χ1) is 11.0. The zero-order valence-electron chi connectivity index (χ0n) is 13.5. The lowest BCUT2D eigenvalue weighted by Gasteiger charge is -2.17. The van der Waals surface area contributed by atoms with Gasteiger partial charge in [-0.15, -0.1) is 0 Å². The third-order valence-corrected chi connectivity index (χ3v) is 3.99. The molecule has 0 spiro atoms. The van der Waals surface area contributed by atoms with Crippen molar-refractivity contribution < 1.29 is 19.4 Å². The maximum atomic E-state index is 12.3. The van der Waals surface area contributed by atoms with Crippen LogP contribution < -0.4 is 10.1 Å². The summed E-state index contributed by atoms with van der Waals surface area (Å²) in [7, 11) is 1.62. The molecule has 2 rings (SSSR count). The van der Waals surface area contributed by atoms with E-state index in [0.717, 1.165) is 22.1 Å². The number of methoxy groups -OCH3 is 1. The van der Waals surface area contributed by atoms with Crippen molar-refractivity contribution in [1.82, 2.24) is 5.32 Å². The second-order valence-corrected chi connectivity index (χ2v) is 5.50. The fourth-order valence-electron chi connectivity index (χ4n) is 2.43. The van der Waals surface area contributed by atoms with Crippen LogP contribution in [0.15, 0.2) is 36.4 Å². The summed E-state index contributed by atoms with van der Waals surface area (Å²) < 4.78 is 5.20. The van der Waals surface area contributed by atoms with Gasteiger partial charge in [0.15, 0.2) is 0 Å².